The summed E-state index contributed by atoms with van der Waals surface area (Å²) in [4.78, 5) is 8.22. The number of aryl methyl sites for hydroxylation is 1. The highest BCUT2D eigenvalue weighted by Gasteiger charge is 2.07. The fraction of sp³-hybridized carbons (Fsp3) is 0.0667. The number of nitrogens with zero attached hydrogens (tertiary/aromatic N) is 4. The summed E-state index contributed by atoms with van der Waals surface area (Å²) in [6, 6.07) is 12.6. The molecule has 0 saturated heterocycles. The monoisotopic (exact) mass is 278 g/mol. The van der Waals surface area contributed by atoms with Crippen molar-refractivity contribution in [3.8, 4) is 29.1 Å². The van der Waals surface area contributed by atoms with Gasteiger partial charge in [0, 0.05) is 24.8 Å². The van der Waals surface area contributed by atoms with Crippen LogP contribution in [0.3, 0.4) is 0 Å². The maximum atomic E-state index is 8.73. The SMILES string of the molecule is Cc1nc(-c2cccc(Oc3ccc(C#N)cn3)c2)no1. The van der Waals surface area contributed by atoms with Gasteiger partial charge in [0.25, 0.3) is 0 Å². The lowest BCUT2D eigenvalue weighted by Gasteiger charge is -2.05. The molecule has 21 heavy (non-hydrogen) atoms. The maximum Gasteiger partial charge on any atom is 0.223 e. The van der Waals surface area contributed by atoms with Crippen LogP contribution in [0.5, 0.6) is 11.6 Å². The smallest absolute Gasteiger partial charge is 0.223 e. The molecule has 2 aromatic heterocycles. The number of hydrogen-bond acceptors (Lipinski definition) is 6. The molecule has 0 aliphatic rings. The molecule has 1 aromatic carbocycles. The van der Waals surface area contributed by atoms with Gasteiger partial charge in [-0.25, -0.2) is 4.98 Å². The summed E-state index contributed by atoms with van der Waals surface area (Å²) in [5.41, 5.74) is 1.27. The van der Waals surface area contributed by atoms with Gasteiger partial charge in [-0.3, -0.25) is 0 Å². The first-order chi connectivity index (χ1) is 10.2. The van der Waals surface area contributed by atoms with E-state index in [1.807, 2.05) is 18.2 Å². The van der Waals surface area contributed by atoms with E-state index in [-0.39, 0.29) is 0 Å². The van der Waals surface area contributed by atoms with Crippen molar-refractivity contribution in [1.29, 1.82) is 5.26 Å². The lowest BCUT2D eigenvalue weighted by Crippen LogP contribution is -1.89. The van der Waals surface area contributed by atoms with Gasteiger partial charge in [-0.2, -0.15) is 10.2 Å². The molecule has 0 N–H and O–H groups in total. The highest BCUT2D eigenvalue weighted by Crippen LogP contribution is 2.24. The number of rotatable bonds is 3. The summed E-state index contributed by atoms with van der Waals surface area (Å²) >= 11 is 0. The van der Waals surface area contributed by atoms with Crippen molar-refractivity contribution in [3.63, 3.8) is 0 Å². The Kier molecular flexibility index (Phi) is 3.31. The van der Waals surface area contributed by atoms with E-state index in [2.05, 4.69) is 15.1 Å². The van der Waals surface area contributed by atoms with Crippen LogP contribution in [0.25, 0.3) is 11.4 Å². The minimum Gasteiger partial charge on any atom is -0.439 e. The minimum absolute atomic E-state index is 0.412. The van der Waals surface area contributed by atoms with Gasteiger partial charge in [-0.1, -0.05) is 17.3 Å². The van der Waals surface area contributed by atoms with Crippen LogP contribution in [-0.2, 0) is 0 Å². The van der Waals surface area contributed by atoms with Crippen LogP contribution in [0.4, 0.5) is 0 Å². The Hall–Kier alpha value is -3.20. The first-order valence-corrected chi connectivity index (χ1v) is 6.19. The molecule has 0 unspecified atom stereocenters. The normalized spacial score (nSPS) is 10.1. The van der Waals surface area contributed by atoms with Crippen LogP contribution < -0.4 is 4.74 Å². The molecule has 0 atom stereocenters. The van der Waals surface area contributed by atoms with Crippen molar-refractivity contribution in [3.05, 3.63) is 54.0 Å². The summed E-state index contributed by atoms with van der Waals surface area (Å²) in [6.45, 7) is 1.73. The summed E-state index contributed by atoms with van der Waals surface area (Å²) in [5.74, 6) is 2.03. The Morgan fingerprint density at radius 3 is 2.81 bits per heavy atom. The van der Waals surface area contributed by atoms with Gasteiger partial charge in [0.05, 0.1) is 5.56 Å². The van der Waals surface area contributed by atoms with Crippen LogP contribution in [-0.4, -0.2) is 15.1 Å². The van der Waals surface area contributed by atoms with Crippen molar-refractivity contribution < 1.29 is 9.26 Å². The number of hydrogen-bond donors (Lipinski definition) is 0. The van der Waals surface area contributed by atoms with Crippen molar-refractivity contribution in [1.82, 2.24) is 15.1 Å². The third kappa shape index (κ3) is 2.87. The highest BCUT2D eigenvalue weighted by molar-refractivity contribution is 5.57. The molecule has 0 amide bonds. The van der Waals surface area contributed by atoms with E-state index in [0.717, 1.165) is 5.56 Å². The molecule has 0 radical (unpaired) electrons. The molecular weight excluding hydrogens is 268 g/mol. The third-order valence-electron chi connectivity index (χ3n) is 2.71. The molecule has 3 aromatic rings. The van der Waals surface area contributed by atoms with E-state index < -0.39 is 0 Å². The number of benzene rings is 1. The summed E-state index contributed by atoms with van der Waals surface area (Å²) < 4.78 is 10.6. The van der Waals surface area contributed by atoms with Crippen LogP contribution >= 0.6 is 0 Å². The minimum atomic E-state index is 0.412. The Morgan fingerprint density at radius 1 is 1.24 bits per heavy atom. The standard InChI is InChI=1S/C15H10N4O2/c1-10-18-15(19-21-10)12-3-2-4-13(7-12)20-14-6-5-11(8-16)9-17-14/h2-7,9H,1H3. The average Bonchev–Trinajstić information content (AvgIpc) is 2.95. The molecule has 0 fully saturated rings. The largest absolute Gasteiger partial charge is 0.439 e. The van der Waals surface area contributed by atoms with E-state index in [9.17, 15) is 0 Å². The van der Waals surface area contributed by atoms with Crippen LogP contribution in [0, 0.1) is 18.3 Å². The molecule has 3 rings (SSSR count). The summed E-state index contributed by atoms with van der Waals surface area (Å²) in [7, 11) is 0. The van der Waals surface area contributed by atoms with E-state index in [1.165, 1.54) is 6.20 Å². The zero-order valence-corrected chi connectivity index (χ0v) is 11.1. The van der Waals surface area contributed by atoms with Gasteiger partial charge < -0.3 is 9.26 Å². The molecule has 0 spiro atoms. The van der Waals surface area contributed by atoms with Crippen molar-refractivity contribution in [2.75, 3.05) is 0 Å². The highest BCUT2D eigenvalue weighted by atomic mass is 16.5. The molecule has 0 aliphatic carbocycles. The van der Waals surface area contributed by atoms with E-state index in [1.54, 1.807) is 31.2 Å². The molecular formula is C15H10N4O2. The van der Waals surface area contributed by atoms with E-state index in [0.29, 0.717) is 28.9 Å². The second-order valence-electron chi connectivity index (χ2n) is 4.26. The lowest BCUT2D eigenvalue weighted by molar-refractivity contribution is 0.394. The average molecular weight is 278 g/mol. The van der Waals surface area contributed by atoms with E-state index in [4.69, 9.17) is 14.5 Å². The van der Waals surface area contributed by atoms with Crippen molar-refractivity contribution in [2.45, 2.75) is 6.92 Å². The summed E-state index contributed by atoms with van der Waals surface area (Å²) in [5, 5.41) is 12.6. The van der Waals surface area contributed by atoms with Gasteiger partial charge in [-0.05, 0) is 18.2 Å². The molecule has 0 saturated carbocycles. The quantitative estimate of drug-likeness (QED) is 0.731. The Balaban J connectivity index is 1.84. The third-order valence-corrected chi connectivity index (χ3v) is 2.71. The van der Waals surface area contributed by atoms with E-state index >= 15 is 0 Å². The molecule has 102 valence electrons. The molecule has 0 bridgehead atoms. The summed E-state index contributed by atoms with van der Waals surface area (Å²) in [6.07, 6.45) is 1.46. The zero-order chi connectivity index (χ0) is 14.7. The topological polar surface area (TPSA) is 84.8 Å². The Morgan fingerprint density at radius 2 is 2.14 bits per heavy atom. The number of pyridine rings is 1. The molecule has 6 nitrogen and oxygen atoms in total. The van der Waals surface area contributed by atoms with Crippen LogP contribution in [0.2, 0.25) is 0 Å². The second kappa shape index (κ2) is 5.43. The zero-order valence-electron chi connectivity index (χ0n) is 11.1. The lowest BCUT2D eigenvalue weighted by atomic mass is 10.2. The number of ether oxygens (including phenoxy) is 1. The Labute approximate surface area is 120 Å². The van der Waals surface area contributed by atoms with Crippen molar-refractivity contribution in [2.24, 2.45) is 0 Å². The fourth-order valence-corrected chi connectivity index (χ4v) is 1.74. The van der Waals surface area contributed by atoms with Crippen LogP contribution in [0.15, 0.2) is 47.1 Å². The van der Waals surface area contributed by atoms with Gasteiger partial charge in [0.1, 0.15) is 11.8 Å². The Bertz CT molecular complexity index is 803. The molecule has 0 aliphatic heterocycles. The van der Waals surface area contributed by atoms with Crippen molar-refractivity contribution >= 4 is 0 Å². The van der Waals surface area contributed by atoms with Crippen LogP contribution in [0.1, 0.15) is 11.5 Å². The predicted molar refractivity (Wildman–Crippen MR) is 73.5 cm³/mol. The predicted octanol–water partition coefficient (Wildman–Crippen LogP) is 3.10. The number of nitriles is 1. The molecule has 2 heterocycles. The first kappa shape index (κ1) is 12.8. The number of aromatic nitrogens is 3. The van der Waals surface area contributed by atoms with Gasteiger partial charge >= 0.3 is 0 Å². The first-order valence-electron chi connectivity index (χ1n) is 6.19. The fourth-order valence-electron chi connectivity index (χ4n) is 1.74. The second-order valence-corrected chi connectivity index (χ2v) is 4.26. The molecule has 6 heteroatoms. The van der Waals surface area contributed by atoms with Gasteiger partial charge in [-0.15, -0.1) is 0 Å². The van der Waals surface area contributed by atoms with Gasteiger partial charge in [0.15, 0.2) is 0 Å². The van der Waals surface area contributed by atoms with Gasteiger partial charge in [0.2, 0.25) is 17.6 Å². The maximum absolute atomic E-state index is 8.73.